The van der Waals surface area contributed by atoms with Crippen molar-refractivity contribution in [2.45, 2.75) is 6.61 Å². The lowest BCUT2D eigenvalue weighted by Crippen LogP contribution is -1.98. The van der Waals surface area contributed by atoms with Crippen molar-refractivity contribution < 1.29 is 14.1 Å². The van der Waals surface area contributed by atoms with Gasteiger partial charge in [0.05, 0.1) is 16.6 Å². The molecular weight excluding hydrogens is 359 g/mol. The monoisotopic (exact) mass is 374 g/mol. The number of non-ortho nitro benzene ring substituents is 1. The summed E-state index contributed by atoms with van der Waals surface area (Å²) in [6, 6.07) is 21.3. The molecule has 3 rings (SSSR count). The summed E-state index contributed by atoms with van der Waals surface area (Å²) in [4.78, 5) is 10.4. The minimum absolute atomic E-state index is 0.0792. The minimum Gasteiger partial charge on any atom is -0.489 e. The Kier molecular flexibility index (Phi) is 5.78. The van der Waals surface area contributed by atoms with E-state index in [4.69, 9.17) is 4.74 Å². The van der Waals surface area contributed by atoms with Gasteiger partial charge in [0.15, 0.2) is 0 Å². The first-order chi connectivity index (χ1) is 13.6. The van der Waals surface area contributed by atoms with Crippen LogP contribution in [0.5, 0.6) is 5.75 Å². The molecule has 0 saturated heterocycles. The number of benzene rings is 3. The molecule has 0 aliphatic carbocycles. The highest BCUT2D eigenvalue weighted by Crippen LogP contribution is 2.24. The van der Waals surface area contributed by atoms with E-state index in [1.54, 1.807) is 54.6 Å². The first-order valence-electron chi connectivity index (χ1n) is 8.40. The van der Waals surface area contributed by atoms with Crippen LogP contribution in [0.25, 0.3) is 11.6 Å². The fraction of sp³-hybridized carbons (Fsp3) is 0.0455. The number of nitro groups is 1. The zero-order chi connectivity index (χ0) is 19.9. The highest BCUT2D eigenvalue weighted by molar-refractivity contribution is 5.90. The molecule has 138 valence electrons. The third-order valence-electron chi connectivity index (χ3n) is 4.01. The molecule has 3 aromatic rings. The van der Waals surface area contributed by atoms with E-state index in [-0.39, 0.29) is 23.7 Å². The first-order valence-corrected chi connectivity index (χ1v) is 8.40. The average Bonchev–Trinajstić information content (AvgIpc) is 2.72. The van der Waals surface area contributed by atoms with Gasteiger partial charge in [-0.15, -0.1) is 0 Å². The minimum atomic E-state index is -0.504. The van der Waals surface area contributed by atoms with Crippen LogP contribution in [0.15, 0.2) is 72.8 Å². The highest BCUT2D eigenvalue weighted by atomic mass is 19.1. The van der Waals surface area contributed by atoms with E-state index in [1.807, 2.05) is 0 Å². The van der Waals surface area contributed by atoms with Gasteiger partial charge in [0, 0.05) is 17.7 Å². The normalized spacial score (nSPS) is 10.9. The van der Waals surface area contributed by atoms with Gasteiger partial charge in [0.2, 0.25) is 0 Å². The van der Waals surface area contributed by atoms with Crippen molar-refractivity contribution in [2.75, 3.05) is 0 Å². The molecule has 0 spiro atoms. The Morgan fingerprint density at radius 2 is 1.89 bits per heavy atom. The number of hydrogen-bond donors (Lipinski definition) is 0. The number of nitrogens with zero attached hydrogens (tertiary/aromatic N) is 2. The van der Waals surface area contributed by atoms with Crippen molar-refractivity contribution in [1.82, 2.24) is 0 Å². The summed E-state index contributed by atoms with van der Waals surface area (Å²) in [5.74, 6) is 0.185. The zero-order valence-electron chi connectivity index (χ0n) is 14.7. The van der Waals surface area contributed by atoms with Crippen LogP contribution in [0, 0.1) is 27.3 Å². The summed E-state index contributed by atoms with van der Waals surface area (Å²) in [7, 11) is 0. The number of ether oxygens (including phenoxy) is 1. The fourth-order valence-electron chi connectivity index (χ4n) is 2.60. The second-order valence-electron chi connectivity index (χ2n) is 5.93. The first kappa shape index (κ1) is 18.8. The summed E-state index contributed by atoms with van der Waals surface area (Å²) in [5.41, 5.74) is 1.79. The molecule has 5 nitrogen and oxygen atoms in total. The Bertz CT molecular complexity index is 1090. The molecule has 0 saturated carbocycles. The maximum atomic E-state index is 13.7. The van der Waals surface area contributed by atoms with Crippen LogP contribution < -0.4 is 4.74 Å². The van der Waals surface area contributed by atoms with E-state index in [9.17, 15) is 19.8 Å². The smallest absolute Gasteiger partial charge is 0.270 e. The number of allylic oxidation sites excluding steroid dienone is 1. The summed E-state index contributed by atoms with van der Waals surface area (Å²) in [5, 5.41) is 20.4. The number of rotatable bonds is 6. The average molecular weight is 374 g/mol. The molecule has 0 aliphatic rings. The molecule has 28 heavy (non-hydrogen) atoms. The second-order valence-corrected chi connectivity index (χ2v) is 5.93. The Morgan fingerprint density at radius 3 is 2.64 bits per heavy atom. The quantitative estimate of drug-likeness (QED) is 0.251. The molecule has 0 aliphatic heterocycles. The van der Waals surface area contributed by atoms with Crippen LogP contribution in [0.2, 0.25) is 0 Å². The second kappa shape index (κ2) is 8.60. The van der Waals surface area contributed by atoms with Crippen molar-refractivity contribution in [3.05, 3.63) is 105 Å². The summed E-state index contributed by atoms with van der Waals surface area (Å²) >= 11 is 0. The lowest BCUT2D eigenvalue weighted by atomic mass is 10.0. The lowest BCUT2D eigenvalue weighted by molar-refractivity contribution is -0.384. The van der Waals surface area contributed by atoms with Crippen molar-refractivity contribution in [3.63, 3.8) is 0 Å². The maximum Gasteiger partial charge on any atom is 0.270 e. The van der Waals surface area contributed by atoms with Gasteiger partial charge in [-0.05, 0) is 35.4 Å². The van der Waals surface area contributed by atoms with Gasteiger partial charge in [-0.3, -0.25) is 10.1 Å². The predicted molar refractivity (Wildman–Crippen MR) is 104 cm³/mol. The van der Waals surface area contributed by atoms with Gasteiger partial charge in [-0.25, -0.2) is 4.39 Å². The van der Waals surface area contributed by atoms with E-state index in [2.05, 4.69) is 6.07 Å². The van der Waals surface area contributed by atoms with E-state index in [0.717, 1.165) is 0 Å². The molecule has 0 fully saturated rings. The summed E-state index contributed by atoms with van der Waals surface area (Å²) in [6.45, 7) is 0.0792. The Hall–Kier alpha value is -3.98. The number of hydrogen-bond acceptors (Lipinski definition) is 4. The van der Waals surface area contributed by atoms with Gasteiger partial charge < -0.3 is 4.74 Å². The van der Waals surface area contributed by atoms with E-state index in [0.29, 0.717) is 22.4 Å². The third-order valence-corrected chi connectivity index (χ3v) is 4.01. The van der Waals surface area contributed by atoms with Crippen molar-refractivity contribution in [1.29, 1.82) is 5.26 Å². The third kappa shape index (κ3) is 4.59. The van der Waals surface area contributed by atoms with Crippen LogP contribution in [-0.2, 0) is 6.61 Å². The van der Waals surface area contributed by atoms with E-state index < -0.39 is 4.92 Å². The Morgan fingerprint density at radius 1 is 1.11 bits per heavy atom. The van der Waals surface area contributed by atoms with E-state index >= 15 is 0 Å². The number of halogens is 1. The van der Waals surface area contributed by atoms with Crippen LogP contribution in [-0.4, -0.2) is 4.92 Å². The van der Waals surface area contributed by atoms with Crippen LogP contribution >= 0.6 is 0 Å². The molecule has 3 aromatic carbocycles. The van der Waals surface area contributed by atoms with Gasteiger partial charge >= 0.3 is 0 Å². The maximum absolute atomic E-state index is 13.7. The molecule has 0 bridgehead atoms. The molecule has 0 heterocycles. The fourth-order valence-corrected chi connectivity index (χ4v) is 2.60. The number of nitriles is 1. The number of nitro benzene ring substituents is 1. The zero-order valence-corrected chi connectivity index (χ0v) is 14.7. The summed E-state index contributed by atoms with van der Waals surface area (Å²) in [6.07, 6.45) is 1.62. The molecule has 0 aromatic heterocycles. The largest absolute Gasteiger partial charge is 0.489 e. The van der Waals surface area contributed by atoms with Crippen LogP contribution in [0.1, 0.15) is 16.7 Å². The molecular formula is C22H15FN2O3. The molecule has 0 radical (unpaired) electrons. The standard InChI is InChI=1S/C22H15FN2O3/c23-22-10-2-1-6-18(22)15-28-21-9-3-5-16(12-21)11-19(14-24)17-7-4-8-20(13-17)25(26)27/h1-13H,15H2/b19-11-. The van der Waals surface area contributed by atoms with Crippen molar-refractivity contribution >= 4 is 17.3 Å². The highest BCUT2D eigenvalue weighted by Gasteiger charge is 2.09. The van der Waals surface area contributed by atoms with Gasteiger partial charge in [0.1, 0.15) is 18.2 Å². The van der Waals surface area contributed by atoms with Gasteiger partial charge in [-0.2, -0.15) is 5.26 Å². The van der Waals surface area contributed by atoms with E-state index in [1.165, 1.54) is 24.3 Å². The van der Waals surface area contributed by atoms with Crippen molar-refractivity contribution in [2.24, 2.45) is 0 Å². The topological polar surface area (TPSA) is 76.2 Å². The molecule has 0 atom stereocenters. The molecule has 0 N–H and O–H groups in total. The van der Waals surface area contributed by atoms with Crippen LogP contribution in [0.3, 0.4) is 0 Å². The molecule has 0 unspecified atom stereocenters. The Labute approximate surface area is 161 Å². The molecule has 6 heteroatoms. The van der Waals surface area contributed by atoms with Gasteiger partial charge in [0.25, 0.3) is 5.69 Å². The SMILES string of the molecule is N#C/C(=C/c1cccc(OCc2ccccc2F)c1)c1cccc([N+](=O)[O-])c1. The summed E-state index contributed by atoms with van der Waals surface area (Å²) < 4.78 is 19.3. The molecule has 0 amide bonds. The van der Waals surface area contributed by atoms with Crippen molar-refractivity contribution in [3.8, 4) is 11.8 Å². The lowest BCUT2D eigenvalue weighted by Gasteiger charge is -2.08. The predicted octanol–water partition coefficient (Wildman–Crippen LogP) is 5.38. The van der Waals surface area contributed by atoms with Crippen LogP contribution in [0.4, 0.5) is 10.1 Å². The van der Waals surface area contributed by atoms with Gasteiger partial charge in [-0.1, -0.05) is 42.5 Å². The Balaban J connectivity index is 1.82.